The van der Waals surface area contributed by atoms with Gasteiger partial charge in [0.05, 0.1) is 0 Å². The number of thiocarbonyl (C=S) groups is 3. The summed E-state index contributed by atoms with van der Waals surface area (Å²) in [6, 6.07) is 0. The molecule has 12 heavy (non-hydrogen) atoms. The van der Waals surface area contributed by atoms with E-state index in [2.05, 4.69) is 36.7 Å². The molecule has 0 radical (unpaired) electrons. The molecule has 0 aliphatic heterocycles. The third-order valence-electron chi connectivity index (χ3n) is 0. The normalized spacial score (nSPS) is 6.50. The second-order valence-electron chi connectivity index (χ2n) is 1.41. The second-order valence-corrected chi connectivity index (χ2v) is 3.10. The van der Waals surface area contributed by atoms with Crippen molar-refractivity contribution in [3.63, 3.8) is 0 Å². The minimum absolute atomic E-state index is 0.500. The molecule has 0 aliphatic carbocycles. The van der Waals surface area contributed by atoms with Gasteiger partial charge in [-0.2, -0.15) is 13.2 Å². The third kappa shape index (κ3) is 229000. The fourth-order valence-electron chi connectivity index (χ4n) is 0. The van der Waals surface area contributed by atoms with Crippen LogP contribution in [0.4, 0.5) is 13.2 Å². The summed E-state index contributed by atoms with van der Waals surface area (Å²) in [4.78, 5) is 0. The fourth-order valence-corrected chi connectivity index (χ4v) is 0. The maximum absolute atomic E-state index is 10.7. The van der Waals surface area contributed by atoms with E-state index in [-0.39, 0.29) is 0 Å². The van der Waals surface area contributed by atoms with Gasteiger partial charge in [0.15, 0.2) is 15.4 Å². The minimum atomic E-state index is -0.500. The predicted molar refractivity (Wildman–Crippen MR) is 58.1 cm³/mol. The van der Waals surface area contributed by atoms with Crippen LogP contribution in [0.3, 0.4) is 0 Å². The lowest BCUT2D eigenvalue weighted by atomic mass is 10.9. The lowest BCUT2D eigenvalue weighted by Gasteiger charge is -1.55. The zero-order valence-corrected chi connectivity index (χ0v) is 9.31. The van der Waals surface area contributed by atoms with E-state index in [1.54, 1.807) is 0 Å². The van der Waals surface area contributed by atoms with Crippen molar-refractivity contribution in [1.29, 1.82) is 0 Å². The maximum Gasteiger partial charge on any atom is 0.159 e. The Kier molecular flexibility index (Phi) is 20.4. The Morgan fingerprint density at radius 1 is 0.667 bits per heavy atom. The van der Waals surface area contributed by atoms with Gasteiger partial charge in [-0.05, 0) is 20.8 Å². The first-order valence-corrected chi connectivity index (χ1v) is 3.90. The van der Waals surface area contributed by atoms with Gasteiger partial charge in [0.25, 0.3) is 0 Å². The van der Waals surface area contributed by atoms with Crippen LogP contribution in [0.2, 0.25) is 0 Å². The lowest BCUT2D eigenvalue weighted by Crippen LogP contribution is -1.58. The highest BCUT2D eigenvalue weighted by atomic mass is 32.1. The van der Waals surface area contributed by atoms with Gasteiger partial charge >= 0.3 is 0 Å². The van der Waals surface area contributed by atoms with E-state index in [1.165, 1.54) is 20.8 Å². The van der Waals surface area contributed by atoms with E-state index in [0.717, 1.165) is 0 Å². The Labute approximate surface area is 86.1 Å². The molecular weight excluding hydrogens is 225 g/mol. The van der Waals surface area contributed by atoms with Crippen LogP contribution in [0.15, 0.2) is 0 Å². The first kappa shape index (κ1) is 18.0. The third-order valence-corrected chi connectivity index (χ3v) is 0. The predicted octanol–water partition coefficient (Wildman–Crippen LogP) is 3.91. The van der Waals surface area contributed by atoms with Crippen LogP contribution in [0.25, 0.3) is 0 Å². The molecule has 0 aromatic rings. The molecule has 0 bridgehead atoms. The second kappa shape index (κ2) is 13.6. The van der Waals surface area contributed by atoms with E-state index < -0.39 is 15.4 Å². The summed E-state index contributed by atoms with van der Waals surface area (Å²) in [5.74, 6) is 0. The van der Waals surface area contributed by atoms with Crippen molar-refractivity contribution in [2.24, 2.45) is 0 Å². The Bertz CT molecular complexity index is 116. The summed E-state index contributed by atoms with van der Waals surface area (Å²) in [6.07, 6.45) is 0. The van der Waals surface area contributed by atoms with Crippen molar-refractivity contribution in [3.8, 4) is 0 Å². The van der Waals surface area contributed by atoms with Crippen LogP contribution in [0.1, 0.15) is 20.8 Å². The molecule has 6 heteroatoms. The Morgan fingerprint density at radius 2 is 0.667 bits per heavy atom. The van der Waals surface area contributed by atoms with Gasteiger partial charge in [0.1, 0.15) is 0 Å². The van der Waals surface area contributed by atoms with Crippen LogP contribution in [0.5, 0.6) is 0 Å². The summed E-state index contributed by atoms with van der Waals surface area (Å²) < 4.78 is 32.2. The zero-order chi connectivity index (χ0) is 10.7. The van der Waals surface area contributed by atoms with Crippen molar-refractivity contribution in [3.05, 3.63) is 0 Å². The molecular formula is C6H9F3S3. The standard InChI is InChI=1S/3C2H3FS/c3*1-2(3)4/h3*1H3. The van der Waals surface area contributed by atoms with Crippen molar-refractivity contribution in [1.82, 2.24) is 0 Å². The van der Waals surface area contributed by atoms with Crippen molar-refractivity contribution in [2.75, 3.05) is 0 Å². The molecule has 0 atom stereocenters. The van der Waals surface area contributed by atoms with Crippen molar-refractivity contribution < 1.29 is 13.2 Å². The first-order chi connectivity index (χ1) is 5.20. The average molecular weight is 234 g/mol. The van der Waals surface area contributed by atoms with Crippen LogP contribution < -0.4 is 0 Å². The molecule has 0 unspecified atom stereocenters. The van der Waals surface area contributed by atoms with Crippen LogP contribution in [-0.2, 0) is 0 Å². The summed E-state index contributed by atoms with van der Waals surface area (Å²) in [6.45, 7) is 3.69. The number of hydrogen-bond acceptors (Lipinski definition) is 3. The SMILES string of the molecule is CC(F)=S.CC(F)=S.CC(F)=S. The smallest absolute Gasteiger partial charge is 0.159 e. The Morgan fingerprint density at radius 3 is 0.667 bits per heavy atom. The van der Waals surface area contributed by atoms with Gasteiger partial charge in [0, 0.05) is 0 Å². The molecule has 0 amide bonds. The van der Waals surface area contributed by atoms with Gasteiger partial charge < -0.3 is 0 Å². The van der Waals surface area contributed by atoms with Gasteiger partial charge in [-0.1, -0.05) is 36.7 Å². The van der Waals surface area contributed by atoms with E-state index in [0.29, 0.717) is 0 Å². The molecule has 0 fully saturated rings. The molecule has 0 N–H and O–H groups in total. The topological polar surface area (TPSA) is 0 Å². The van der Waals surface area contributed by atoms with E-state index in [1.807, 2.05) is 0 Å². The van der Waals surface area contributed by atoms with Crippen LogP contribution in [-0.4, -0.2) is 15.4 Å². The van der Waals surface area contributed by atoms with Crippen LogP contribution >= 0.6 is 36.7 Å². The molecule has 0 rings (SSSR count). The molecule has 0 aromatic heterocycles. The number of rotatable bonds is 0. The average Bonchev–Trinajstić information content (AvgIpc) is 1.54. The van der Waals surface area contributed by atoms with Crippen molar-refractivity contribution in [2.45, 2.75) is 20.8 Å². The van der Waals surface area contributed by atoms with Crippen LogP contribution in [0, 0.1) is 0 Å². The molecule has 0 aliphatic rings. The monoisotopic (exact) mass is 234 g/mol. The van der Waals surface area contributed by atoms with Gasteiger partial charge in [0.2, 0.25) is 0 Å². The molecule has 0 aromatic carbocycles. The number of halogens is 3. The lowest BCUT2D eigenvalue weighted by molar-refractivity contribution is 0.823. The zero-order valence-electron chi connectivity index (χ0n) is 6.86. The summed E-state index contributed by atoms with van der Waals surface area (Å²) in [7, 11) is 0. The van der Waals surface area contributed by atoms with E-state index in [9.17, 15) is 13.2 Å². The van der Waals surface area contributed by atoms with Gasteiger partial charge in [-0.3, -0.25) is 0 Å². The van der Waals surface area contributed by atoms with Gasteiger partial charge in [-0.25, -0.2) is 0 Å². The highest BCUT2D eigenvalue weighted by Crippen LogP contribution is 1.68. The molecule has 0 nitrogen and oxygen atoms in total. The largest absolute Gasteiger partial charge is 0.200 e. The highest BCUT2D eigenvalue weighted by Gasteiger charge is 1.63. The minimum Gasteiger partial charge on any atom is -0.200 e. The fraction of sp³-hybridized carbons (Fsp3) is 0.500. The summed E-state index contributed by atoms with van der Waals surface area (Å²) in [5, 5.41) is -1.50. The van der Waals surface area contributed by atoms with Gasteiger partial charge in [-0.15, -0.1) is 0 Å². The molecule has 0 spiro atoms. The quantitative estimate of drug-likeness (QED) is 0.461. The molecule has 72 valence electrons. The summed E-state index contributed by atoms with van der Waals surface area (Å²) >= 11 is 11.6. The van der Waals surface area contributed by atoms with E-state index >= 15 is 0 Å². The van der Waals surface area contributed by atoms with E-state index in [4.69, 9.17) is 0 Å². The molecule has 0 saturated heterocycles. The molecule has 0 saturated carbocycles. The first-order valence-electron chi connectivity index (χ1n) is 2.68. The Hall–Kier alpha value is 0.0600. The summed E-state index contributed by atoms with van der Waals surface area (Å²) in [5.41, 5.74) is 0. The highest BCUT2D eigenvalue weighted by molar-refractivity contribution is 7.80. The number of hydrogen-bond donors (Lipinski definition) is 0. The van der Waals surface area contributed by atoms with Crippen molar-refractivity contribution >= 4 is 52.0 Å². The Balaban J connectivity index is -0.000000101. The molecule has 0 heterocycles. The maximum atomic E-state index is 10.7.